The highest BCUT2D eigenvalue weighted by molar-refractivity contribution is 5.99. The van der Waals surface area contributed by atoms with E-state index >= 15 is 0 Å². The van der Waals surface area contributed by atoms with Gasteiger partial charge in [0, 0.05) is 12.2 Å². The number of rotatable bonds is 9. The van der Waals surface area contributed by atoms with Crippen LogP contribution in [0.2, 0.25) is 0 Å². The van der Waals surface area contributed by atoms with Crippen molar-refractivity contribution in [3.63, 3.8) is 0 Å². The lowest BCUT2D eigenvalue weighted by Crippen LogP contribution is -2.26. The quantitative estimate of drug-likeness (QED) is 0.537. The number of para-hydroxylation sites is 1. The molecule has 0 spiro atoms. The molecule has 2 aromatic carbocycles. The second-order valence-electron chi connectivity index (χ2n) is 6.37. The zero-order valence-electron chi connectivity index (χ0n) is 16.3. The van der Waals surface area contributed by atoms with Crippen LogP contribution in [0.1, 0.15) is 39.0 Å². The van der Waals surface area contributed by atoms with E-state index in [1.165, 1.54) is 11.8 Å². The fourth-order valence-electron chi connectivity index (χ4n) is 2.94. The van der Waals surface area contributed by atoms with E-state index in [2.05, 4.69) is 10.6 Å². The van der Waals surface area contributed by atoms with Crippen LogP contribution >= 0.6 is 0 Å². The molecular weight excluding hydrogens is 368 g/mol. The third-order valence-corrected chi connectivity index (χ3v) is 4.39. The third kappa shape index (κ3) is 5.48. The maximum absolute atomic E-state index is 12.6. The van der Waals surface area contributed by atoms with Gasteiger partial charge in [-0.3, -0.25) is 4.79 Å². The lowest BCUT2D eigenvalue weighted by atomic mass is 10.1. The first-order chi connectivity index (χ1) is 14.2. The van der Waals surface area contributed by atoms with Crippen LogP contribution in [0.15, 0.2) is 71.3 Å². The smallest absolute Gasteiger partial charge is 0.341 e. The van der Waals surface area contributed by atoms with Crippen LogP contribution in [-0.2, 0) is 17.7 Å². The molecule has 0 saturated heterocycles. The highest BCUT2D eigenvalue weighted by Gasteiger charge is 2.17. The topological polar surface area (TPSA) is 80.6 Å². The summed E-state index contributed by atoms with van der Waals surface area (Å²) >= 11 is 0. The average molecular weight is 392 g/mol. The van der Waals surface area contributed by atoms with Crippen LogP contribution in [0.4, 0.5) is 5.69 Å². The van der Waals surface area contributed by atoms with E-state index in [1.54, 1.807) is 19.1 Å². The Labute approximate surface area is 169 Å². The average Bonchev–Trinajstić information content (AvgIpc) is 3.22. The van der Waals surface area contributed by atoms with Crippen molar-refractivity contribution in [2.24, 2.45) is 0 Å². The van der Waals surface area contributed by atoms with Gasteiger partial charge < -0.3 is 19.8 Å². The van der Waals surface area contributed by atoms with Crippen LogP contribution in [0.5, 0.6) is 0 Å². The predicted octanol–water partition coefficient (Wildman–Crippen LogP) is 4.04. The Hall–Kier alpha value is -3.54. The van der Waals surface area contributed by atoms with Gasteiger partial charge in [-0.2, -0.15) is 0 Å². The zero-order valence-corrected chi connectivity index (χ0v) is 16.3. The zero-order chi connectivity index (χ0) is 20.5. The standard InChI is InChI=1S/C23H24N2O4/c1-2-28-23(27)19-13-15-29-21(19)16-25-20-11-7-6-10-18(20)22(26)24-14-12-17-8-4-3-5-9-17/h3-11,13,15,25H,2,12,14,16H2,1H3,(H,24,26). The molecular formula is C23H24N2O4. The monoisotopic (exact) mass is 392 g/mol. The van der Waals surface area contributed by atoms with Gasteiger partial charge in [0.2, 0.25) is 0 Å². The Bertz CT molecular complexity index is 950. The first-order valence-electron chi connectivity index (χ1n) is 9.57. The van der Waals surface area contributed by atoms with E-state index in [0.29, 0.717) is 35.7 Å². The maximum atomic E-state index is 12.6. The number of amides is 1. The van der Waals surface area contributed by atoms with Crippen molar-refractivity contribution in [2.75, 3.05) is 18.5 Å². The predicted molar refractivity (Wildman–Crippen MR) is 111 cm³/mol. The number of hydrogen-bond donors (Lipinski definition) is 2. The summed E-state index contributed by atoms with van der Waals surface area (Å²) in [6.45, 7) is 2.85. The van der Waals surface area contributed by atoms with Gasteiger partial charge in [-0.1, -0.05) is 42.5 Å². The van der Waals surface area contributed by atoms with E-state index in [1.807, 2.05) is 48.5 Å². The Balaban J connectivity index is 1.61. The lowest BCUT2D eigenvalue weighted by molar-refractivity contribution is 0.0523. The fraction of sp³-hybridized carbons (Fsp3) is 0.217. The number of nitrogens with one attached hydrogen (secondary N) is 2. The molecule has 0 aliphatic rings. The number of furan rings is 1. The van der Waals surface area contributed by atoms with E-state index < -0.39 is 5.97 Å². The van der Waals surface area contributed by atoms with Gasteiger partial charge in [0.05, 0.1) is 25.0 Å². The van der Waals surface area contributed by atoms with Crippen LogP contribution in [-0.4, -0.2) is 25.0 Å². The fourth-order valence-corrected chi connectivity index (χ4v) is 2.94. The van der Waals surface area contributed by atoms with Crippen LogP contribution in [0.25, 0.3) is 0 Å². The SMILES string of the molecule is CCOC(=O)c1ccoc1CNc1ccccc1C(=O)NCCc1ccccc1. The van der Waals surface area contributed by atoms with E-state index in [9.17, 15) is 9.59 Å². The number of benzene rings is 2. The van der Waals surface area contributed by atoms with Gasteiger partial charge in [0.15, 0.2) is 0 Å². The van der Waals surface area contributed by atoms with Crippen molar-refractivity contribution >= 4 is 17.6 Å². The number of ether oxygens (including phenoxy) is 1. The Morgan fingerprint density at radius 3 is 2.52 bits per heavy atom. The van der Waals surface area contributed by atoms with E-state index in [-0.39, 0.29) is 12.5 Å². The molecule has 1 aromatic heterocycles. The van der Waals surface area contributed by atoms with Crippen molar-refractivity contribution in [3.05, 3.63) is 89.4 Å². The molecule has 3 aromatic rings. The van der Waals surface area contributed by atoms with Gasteiger partial charge in [-0.05, 0) is 37.1 Å². The first kappa shape index (κ1) is 20.2. The molecule has 0 aliphatic carbocycles. The van der Waals surface area contributed by atoms with Crippen molar-refractivity contribution in [1.82, 2.24) is 5.32 Å². The molecule has 0 aliphatic heterocycles. The molecule has 0 bridgehead atoms. The van der Waals surface area contributed by atoms with Crippen LogP contribution in [0, 0.1) is 0 Å². The summed E-state index contributed by atoms with van der Waals surface area (Å²) in [4.78, 5) is 24.6. The number of anilines is 1. The summed E-state index contributed by atoms with van der Waals surface area (Å²) in [5, 5.41) is 6.13. The summed E-state index contributed by atoms with van der Waals surface area (Å²) in [7, 11) is 0. The first-order valence-corrected chi connectivity index (χ1v) is 9.57. The maximum Gasteiger partial charge on any atom is 0.341 e. The van der Waals surface area contributed by atoms with Gasteiger partial charge in [0.25, 0.3) is 5.91 Å². The Morgan fingerprint density at radius 2 is 1.72 bits per heavy atom. The molecule has 150 valence electrons. The largest absolute Gasteiger partial charge is 0.467 e. The molecule has 3 rings (SSSR count). The normalized spacial score (nSPS) is 10.4. The number of carbonyl (C=O) groups excluding carboxylic acids is 2. The van der Waals surface area contributed by atoms with Crippen molar-refractivity contribution in [2.45, 2.75) is 19.9 Å². The Kier molecular flexibility index (Phi) is 7.05. The summed E-state index contributed by atoms with van der Waals surface area (Å²) in [5.41, 5.74) is 2.74. The molecule has 0 saturated carbocycles. The third-order valence-electron chi connectivity index (χ3n) is 4.39. The van der Waals surface area contributed by atoms with Crippen molar-refractivity contribution in [3.8, 4) is 0 Å². The highest BCUT2D eigenvalue weighted by atomic mass is 16.5. The van der Waals surface area contributed by atoms with Gasteiger partial charge in [-0.15, -0.1) is 0 Å². The highest BCUT2D eigenvalue weighted by Crippen LogP contribution is 2.19. The molecule has 29 heavy (non-hydrogen) atoms. The molecule has 1 amide bonds. The summed E-state index contributed by atoms with van der Waals surface area (Å²) < 4.78 is 10.4. The molecule has 0 radical (unpaired) electrons. The lowest BCUT2D eigenvalue weighted by Gasteiger charge is -2.12. The van der Waals surface area contributed by atoms with Crippen LogP contribution < -0.4 is 10.6 Å². The number of carbonyl (C=O) groups is 2. The summed E-state index contributed by atoms with van der Waals surface area (Å²) in [5.74, 6) is -0.123. The second kappa shape index (κ2) is 10.1. The second-order valence-corrected chi connectivity index (χ2v) is 6.37. The summed E-state index contributed by atoms with van der Waals surface area (Å²) in [6, 6.07) is 18.8. The molecule has 0 fully saturated rings. The molecule has 1 heterocycles. The molecule has 0 unspecified atom stereocenters. The van der Waals surface area contributed by atoms with Gasteiger partial charge in [0.1, 0.15) is 11.3 Å². The number of hydrogen-bond acceptors (Lipinski definition) is 5. The van der Waals surface area contributed by atoms with Crippen LogP contribution in [0.3, 0.4) is 0 Å². The molecule has 2 N–H and O–H groups in total. The minimum atomic E-state index is -0.426. The molecule has 6 nitrogen and oxygen atoms in total. The molecule has 0 atom stereocenters. The summed E-state index contributed by atoms with van der Waals surface area (Å²) in [6.07, 6.45) is 2.21. The molecule has 6 heteroatoms. The van der Waals surface area contributed by atoms with E-state index in [0.717, 1.165) is 6.42 Å². The minimum Gasteiger partial charge on any atom is -0.467 e. The minimum absolute atomic E-state index is 0.158. The Morgan fingerprint density at radius 1 is 0.966 bits per heavy atom. The van der Waals surface area contributed by atoms with Gasteiger partial charge >= 0.3 is 5.97 Å². The van der Waals surface area contributed by atoms with Crippen molar-refractivity contribution in [1.29, 1.82) is 0 Å². The van der Waals surface area contributed by atoms with Gasteiger partial charge in [-0.25, -0.2) is 4.79 Å². The van der Waals surface area contributed by atoms with Crippen molar-refractivity contribution < 1.29 is 18.7 Å². The van der Waals surface area contributed by atoms with E-state index in [4.69, 9.17) is 9.15 Å². The number of esters is 1.